The summed E-state index contributed by atoms with van der Waals surface area (Å²) in [5.74, 6) is -0.200. The van der Waals surface area contributed by atoms with E-state index < -0.39 is 0 Å². The zero-order valence-electron chi connectivity index (χ0n) is 13.7. The van der Waals surface area contributed by atoms with Crippen LogP contribution in [0.2, 0.25) is 0 Å². The summed E-state index contributed by atoms with van der Waals surface area (Å²) in [5, 5.41) is 2.98. The molecule has 0 aliphatic rings. The molecule has 21 heavy (non-hydrogen) atoms. The number of benzene rings is 1. The Bertz CT molecular complexity index is 419. The summed E-state index contributed by atoms with van der Waals surface area (Å²) in [5.41, 5.74) is 7.16. The van der Waals surface area contributed by atoms with E-state index in [1.807, 2.05) is 37.3 Å². The molecule has 0 heterocycles. The molecule has 1 rings (SSSR count). The molecule has 0 saturated carbocycles. The molecule has 0 saturated heterocycles. The molecule has 1 aromatic rings. The van der Waals surface area contributed by atoms with Gasteiger partial charge in [0.25, 0.3) is 0 Å². The Morgan fingerprint density at radius 3 is 2.43 bits per heavy atom. The van der Waals surface area contributed by atoms with Crippen LogP contribution in [0.5, 0.6) is 0 Å². The first-order chi connectivity index (χ1) is 9.93. The maximum absolute atomic E-state index is 12.1. The zero-order chi connectivity index (χ0) is 15.8. The summed E-state index contributed by atoms with van der Waals surface area (Å²) in [6.07, 6.45) is 0.952. The highest BCUT2D eigenvalue weighted by Crippen LogP contribution is 2.18. The normalized spacial score (nSPS) is 14.2. The van der Waals surface area contributed by atoms with Gasteiger partial charge in [0.15, 0.2) is 0 Å². The van der Waals surface area contributed by atoms with Crippen molar-refractivity contribution in [3.05, 3.63) is 35.9 Å². The lowest BCUT2D eigenvalue weighted by Gasteiger charge is -2.22. The van der Waals surface area contributed by atoms with E-state index in [0.29, 0.717) is 12.6 Å². The Labute approximate surface area is 128 Å². The number of rotatable bonds is 8. The summed E-state index contributed by atoms with van der Waals surface area (Å²) in [6.45, 7) is 7.89. The lowest BCUT2D eigenvalue weighted by molar-refractivity contribution is -0.125. The van der Waals surface area contributed by atoms with Crippen molar-refractivity contribution in [2.75, 3.05) is 20.1 Å². The van der Waals surface area contributed by atoms with Crippen molar-refractivity contribution in [1.29, 1.82) is 0 Å². The van der Waals surface area contributed by atoms with E-state index in [1.54, 1.807) is 0 Å². The van der Waals surface area contributed by atoms with Gasteiger partial charge in [-0.2, -0.15) is 0 Å². The molecule has 0 radical (unpaired) electrons. The van der Waals surface area contributed by atoms with Crippen LogP contribution in [0.25, 0.3) is 0 Å². The highest BCUT2D eigenvalue weighted by atomic mass is 16.1. The van der Waals surface area contributed by atoms with Gasteiger partial charge in [0.2, 0.25) is 5.91 Å². The van der Waals surface area contributed by atoms with Crippen molar-refractivity contribution in [2.45, 2.75) is 39.3 Å². The molecule has 0 bridgehead atoms. The Morgan fingerprint density at radius 1 is 1.24 bits per heavy atom. The summed E-state index contributed by atoms with van der Waals surface area (Å²) in [4.78, 5) is 14.4. The van der Waals surface area contributed by atoms with Crippen LogP contribution >= 0.6 is 0 Å². The smallest absolute Gasteiger partial charge is 0.224 e. The highest BCUT2D eigenvalue weighted by Gasteiger charge is 2.21. The third-order valence-electron chi connectivity index (χ3n) is 4.01. The van der Waals surface area contributed by atoms with Gasteiger partial charge >= 0.3 is 0 Å². The molecular weight excluding hydrogens is 262 g/mol. The molecule has 0 aliphatic heterocycles. The van der Waals surface area contributed by atoms with Gasteiger partial charge in [0.05, 0.1) is 5.92 Å². The summed E-state index contributed by atoms with van der Waals surface area (Å²) < 4.78 is 0. The Kier molecular flexibility index (Phi) is 7.40. The molecule has 2 unspecified atom stereocenters. The van der Waals surface area contributed by atoms with Gasteiger partial charge in [-0.15, -0.1) is 0 Å². The third kappa shape index (κ3) is 5.86. The molecule has 4 heteroatoms. The van der Waals surface area contributed by atoms with Crippen molar-refractivity contribution in [3.63, 3.8) is 0 Å². The summed E-state index contributed by atoms with van der Waals surface area (Å²) >= 11 is 0. The van der Waals surface area contributed by atoms with Crippen molar-refractivity contribution in [2.24, 2.45) is 11.7 Å². The van der Waals surface area contributed by atoms with Crippen molar-refractivity contribution in [3.8, 4) is 0 Å². The first-order valence-corrected chi connectivity index (χ1v) is 7.72. The van der Waals surface area contributed by atoms with E-state index in [2.05, 4.69) is 31.1 Å². The Balaban J connectivity index is 2.35. The molecule has 1 amide bonds. The second-order valence-corrected chi connectivity index (χ2v) is 5.94. The number of carbonyl (C=O) groups is 1. The number of nitrogens with zero attached hydrogens (tertiary/aromatic N) is 1. The van der Waals surface area contributed by atoms with Crippen LogP contribution in [0, 0.1) is 5.92 Å². The van der Waals surface area contributed by atoms with Gasteiger partial charge in [0.1, 0.15) is 0 Å². The second-order valence-electron chi connectivity index (χ2n) is 5.94. The zero-order valence-corrected chi connectivity index (χ0v) is 13.7. The maximum atomic E-state index is 12.1. The standard InChI is InChI=1S/C17H29N3O/c1-13(2)20(4)12-8-11-19-17(21)14(3)16(18)15-9-6-5-7-10-15/h5-7,9-10,13-14,16H,8,11-12,18H2,1-4H3,(H,19,21). The number of hydrogen-bond acceptors (Lipinski definition) is 3. The Hall–Kier alpha value is -1.39. The summed E-state index contributed by atoms with van der Waals surface area (Å²) in [6, 6.07) is 10.0. The van der Waals surface area contributed by atoms with Crippen molar-refractivity contribution >= 4 is 5.91 Å². The van der Waals surface area contributed by atoms with E-state index in [0.717, 1.165) is 18.5 Å². The molecule has 1 aromatic carbocycles. The van der Waals surface area contributed by atoms with Gasteiger partial charge in [-0.3, -0.25) is 4.79 Å². The van der Waals surface area contributed by atoms with E-state index in [9.17, 15) is 4.79 Å². The van der Waals surface area contributed by atoms with Crippen molar-refractivity contribution in [1.82, 2.24) is 10.2 Å². The maximum Gasteiger partial charge on any atom is 0.224 e. The van der Waals surface area contributed by atoms with Crippen LogP contribution in [-0.4, -0.2) is 37.0 Å². The molecule has 4 nitrogen and oxygen atoms in total. The van der Waals surface area contributed by atoms with Gasteiger partial charge in [-0.05, 0) is 39.4 Å². The molecular formula is C17H29N3O. The number of nitrogens with one attached hydrogen (secondary N) is 1. The molecule has 0 spiro atoms. The topological polar surface area (TPSA) is 58.4 Å². The molecule has 0 fully saturated rings. The van der Waals surface area contributed by atoms with Gasteiger partial charge < -0.3 is 16.0 Å². The van der Waals surface area contributed by atoms with Crippen LogP contribution in [-0.2, 0) is 4.79 Å². The predicted octanol–water partition coefficient (Wildman–Crippen LogP) is 2.17. The predicted molar refractivity (Wildman–Crippen MR) is 87.9 cm³/mol. The SMILES string of the molecule is CC(C(=O)NCCCN(C)C(C)C)C(N)c1ccccc1. The fraction of sp³-hybridized carbons (Fsp3) is 0.588. The quantitative estimate of drug-likeness (QED) is 0.722. The highest BCUT2D eigenvalue weighted by molar-refractivity contribution is 5.79. The number of amides is 1. The molecule has 3 N–H and O–H groups in total. The minimum Gasteiger partial charge on any atom is -0.356 e. The van der Waals surface area contributed by atoms with Gasteiger partial charge in [-0.25, -0.2) is 0 Å². The first kappa shape index (κ1) is 17.7. The number of hydrogen-bond donors (Lipinski definition) is 2. The van der Waals surface area contributed by atoms with E-state index >= 15 is 0 Å². The fourth-order valence-electron chi connectivity index (χ4n) is 2.09. The van der Waals surface area contributed by atoms with E-state index in [-0.39, 0.29) is 17.9 Å². The minimum absolute atomic E-state index is 0.0264. The minimum atomic E-state index is -0.260. The average Bonchev–Trinajstić information content (AvgIpc) is 2.50. The lowest BCUT2D eigenvalue weighted by Crippen LogP contribution is -2.37. The van der Waals surface area contributed by atoms with Crippen LogP contribution in [0.3, 0.4) is 0 Å². The summed E-state index contributed by atoms with van der Waals surface area (Å²) in [7, 11) is 2.10. The first-order valence-electron chi connectivity index (χ1n) is 7.72. The van der Waals surface area contributed by atoms with Crippen LogP contribution in [0.4, 0.5) is 0 Å². The fourth-order valence-corrected chi connectivity index (χ4v) is 2.09. The molecule has 0 aromatic heterocycles. The van der Waals surface area contributed by atoms with Crippen LogP contribution in [0.1, 0.15) is 38.8 Å². The van der Waals surface area contributed by atoms with Crippen LogP contribution < -0.4 is 11.1 Å². The molecule has 0 aliphatic carbocycles. The number of carbonyl (C=O) groups excluding carboxylic acids is 1. The van der Waals surface area contributed by atoms with E-state index in [4.69, 9.17) is 5.73 Å². The average molecular weight is 291 g/mol. The second kappa shape index (κ2) is 8.80. The molecule has 2 atom stereocenters. The monoisotopic (exact) mass is 291 g/mol. The Morgan fingerprint density at radius 2 is 1.86 bits per heavy atom. The molecule has 118 valence electrons. The van der Waals surface area contributed by atoms with Crippen molar-refractivity contribution < 1.29 is 4.79 Å². The third-order valence-corrected chi connectivity index (χ3v) is 4.01. The largest absolute Gasteiger partial charge is 0.356 e. The van der Waals surface area contributed by atoms with E-state index in [1.165, 1.54) is 0 Å². The number of nitrogens with two attached hydrogens (primary N) is 1. The van der Waals surface area contributed by atoms with Crippen LogP contribution in [0.15, 0.2) is 30.3 Å². The lowest BCUT2D eigenvalue weighted by atomic mass is 9.95. The van der Waals surface area contributed by atoms with Gasteiger partial charge in [-0.1, -0.05) is 37.3 Å². The van der Waals surface area contributed by atoms with Gasteiger partial charge in [0, 0.05) is 18.6 Å².